The van der Waals surface area contributed by atoms with Gasteiger partial charge in [-0.2, -0.15) is 0 Å². The predicted octanol–water partition coefficient (Wildman–Crippen LogP) is 3.68. The van der Waals surface area contributed by atoms with Crippen molar-refractivity contribution in [2.24, 2.45) is 29.1 Å². The summed E-state index contributed by atoms with van der Waals surface area (Å²) in [4.78, 5) is 7.53. The number of nitrogens with zero attached hydrogens (tertiary/aromatic N) is 3. The first-order chi connectivity index (χ1) is 16.8. The third-order valence-electron chi connectivity index (χ3n) is 10.8. The van der Waals surface area contributed by atoms with Crippen molar-refractivity contribution in [2.45, 2.75) is 124 Å². The van der Waals surface area contributed by atoms with E-state index in [1.807, 2.05) is 0 Å². The number of aliphatic hydroxyl groups excluding tert-OH is 3. The minimum atomic E-state index is -0.268. The van der Waals surface area contributed by atoms with E-state index in [-0.39, 0.29) is 23.7 Å². The summed E-state index contributed by atoms with van der Waals surface area (Å²) in [5.41, 5.74) is 0.0425. The fourth-order valence-corrected chi connectivity index (χ4v) is 7.34. The fraction of sp³-hybridized carbons (Fsp3) is 1.00. The summed E-state index contributed by atoms with van der Waals surface area (Å²) in [7, 11) is 0. The molecule has 0 saturated carbocycles. The quantitative estimate of drug-likeness (QED) is 0.441. The Morgan fingerprint density at radius 2 is 1.33 bits per heavy atom. The first kappa shape index (κ1) is 30.3. The maximum Gasteiger partial charge on any atom is 0.0670 e. The molecule has 6 nitrogen and oxygen atoms in total. The lowest BCUT2D eigenvalue weighted by Gasteiger charge is -2.52. The zero-order chi connectivity index (χ0) is 26.8. The van der Waals surface area contributed by atoms with Gasteiger partial charge in [0.05, 0.1) is 18.3 Å². The Kier molecular flexibility index (Phi) is 10.7. The van der Waals surface area contributed by atoms with Gasteiger partial charge in [-0.3, -0.25) is 14.7 Å². The summed E-state index contributed by atoms with van der Waals surface area (Å²) in [6.07, 6.45) is 4.20. The molecule has 36 heavy (non-hydrogen) atoms. The van der Waals surface area contributed by atoms with Crippen LogP contribution in [0.15, 0.2) is 0 Å². The van der Waals surface area contributed by atoms with Crippen molar-refractivity contribution in [3.8, 4) is 0 Å². The Bertz CT molecular complexity index is 674. The molecule has 3 N–H and O–H groups in total. The molecule has 3 rings (SSSR count). The van der Waals surface area contributed by atoms with Crippen LogP contribution >= 0.6 is 0 Å². The number of likely N-dealkylation sites (tertiary alicyclic amines) is 3. The molecule has 0 aliphatic carbocycles. The van der Waals surface area contributed by atoms with Gasteiger partial charge in [0, 0.05) is 50.8 Å². The first-order valence-electron chi connectivity index (χ1n) is 15.1. The van der Waals surface area contributed by atoms with Crippen LogP contribution in [-0.4, -0.2) is 106 Å². The van der Waals surface area contributed by atoms with E-state index in [9.17, 15) is 15.3 Å². The van der Waals surface area contributed by atoms with Crippen molar-refractivity contribution in [3.05, 3.63) is 0 Å². The van der Waals surface area contributed by atoms with E-state index in [0.717, 1.165) is 71.4 Å². The summed E-state index contributed by atoms with van der Waals surface area (Å²) < 4.78 is 0. The third kappa shape index (κ3) is 7.45. The van der Waals surface area contributed by atoms with Crippen LogP contribution in [-0.2, 0) is 0 Å². The van der Waals surface area contributed by atoms with Gasteiger partial charge in [-0.05, 0) is 88.5 Å². The molecule has 0 spiro atoms. The van der Waals surface area contributed by atoms with Crippen molar-refractivity contribution in [2.75, 3.05) is 39.3 Å². The molecule has 3 aliphatic rings. The number of hydrogen-bond donors (Lipinski definition) is 3. The monoisotopic (exact) mass is 509 g/mol. The maximum atomic E-state index is 10.9. The average molecular weight is 510 g/mol. The molecule has 0 amide bonds. The second kappa shape index (κ2) is 12.7. The van der Waals surface area contributed by atoms with Crippen LogP contribution in [0.5, 0.6) is 0 Å². The Balaban J connectivity index is 1.63. The van der Waals surface area contributed by atoms with Crippen LogP contribution in [0, 0.1) is 29.1 Å². The van der Waals surface area contributed by atoms with E-state index in [1.165, 1.54) is 0 Å². The zero-order valence-electron chi connectivity index (χ0n) is 24.7. The van der Waals surface area contributed by atoms with Crippen molar-refractivity contribution in [3.63, 3.8) is 0 Å². The van der Waals surface area contributed by atoms with E-state index >= 15 is 0 Å². The molecule has 212 valence electrons. The molecule has 6 heteroatoms. The van der Waals surface area contributed by atoms with Crippen LogP contribution < -0.4 is 0 Å². The third-order valence-corrected chi connectivity index (χ3v) is 10.8. The normalized spacial score (nSPS) is 35.5. The molecule has 0 radical (unpaired) electrons. The lowest BCUT2D eigenvalue weighted by atomic mass is 9.68. The topological polar surface area (TPSA) is 70.4 Å². The van der Waals surface area contributed by atoms with Crippen LogP contribution in [0.3, 0.4) is 0 Å². The molecule has 3 heterocycles. The van der Waals surface area contributed by atoms with Gasteiger partial charge in [0.1, 0.15) is 0 Å². The molecule has 0 bridgehead atoms. The Hall–Kier alpha value is -0.240. The van der Waals surface area contributed by atoms with E-state index in [0.29, 0.717) is 41.8 Å². The van der Waals surface area contributed by atoms with Gasteiger partial charge in [-0.15, -0.1) is 0 Å². The van der Waals surface area contributed by atoms with Gasteiger partial charge in [-0.25, -0.2) is 0 Å². The zero-order valence-corrected chi connectivity index (χ0v) is 24.7. The highest BCUT2D eigenvalue weighted by Crippen LogP contribution is 2.41. The molecule has 3 fully saturated rings. The van der Waals surface area contributed by atoms with Crippen molar-refractivity contribution >= 4 is 0 Å². The van der Waals surface area contributed by atoms with Crippen LogP contribution in [0.25, 0.3) is 0 Å². The summed E-state index contributed by atoms with van der Waals surface area (Å²) in [6, 6.07) is 1.27. The average Bonchev–Trinajstić information content (AvgIpc) is 2.81. The number of hydrogen-bond acceptors (Lipinski definition) is 6. The lowest BCUT2D eigenvalue weighted by molar-refractivity contribution is -0.0684. The molecular formula is C30H59N3O3. The number of aliphatic hydroxyl groups is 3. The highest BCUT2D eigenvalue weighted by molar-refractivity contribution is 4.97. The largest absolute Gasteiger partial charge is 0.392 e. The van der Waals surface area contributed by atoms with Gasteiger partial charge >= 0.3 is 0 Å². The highest BCUT2D eigenvalue weighted by Gasteiger charge is 2.44. The van der Waals surface area contributed by atoms with Gasteiger partial charge < -0.3 is 15.3 Å². The maximum absolute atomic E-state index is 10.9. The van der Waals surface area contributed by atoms with Crippen molar-refractivity contribution in [1.82, 2.24) is 14.7 Å². The van der Waals surface area contributed by atoms with E-state index < -0.39 is 0 Å². The van der Waals surface area contributed by atoms with Crippen LogP contribution in [0.1, 0.15) is 87.5 Å². The van der Waals surface area contributed by atoms with Gasteiger partial charge in [-0.1, -0.05) is 34.6 Å². The fourth-order valence-electron chi connectivity index (χ4n) is 7.34. The smallest absolute Gasteiger partial charge is 0.0670 e. The van der Waals surface area contributed by atoms with E-state index in [2.05, 4.69) is 70.1 Å². The number of rotatable bonds is 9. The second-order valence-corrected chi connectivity index (χ2v) is 14.0. The minimum Gasteiger partial charge on any atom is -0.392 e. The molecular weight excluding hydrogens is 450 g/mol. The standard InChI is InChI=1S/C30H59N3O3/c1-20(2)22(4)32-16-26(14-29(36)18-32)30(7,8)24(6)33-15-25(13-28(35)19-33)12-21(3)23(5)31-11-9-10-27(34)17-31/h20-29,34-36H,9-19H2,1-8H3/t21?,22-,23+,24-,25?,26?,27-,28-,29+/m0/s1. The molecule has 3 aliphatic heterocycles. The summed E-state index contributed by atoms with van der Waals surface area (Å²) in [5, 5.41) is 31.8. The van der Waals surface area contributed by atoms with Gasteiger partial charge in [0.2, 0.25) is 0 Å². The molecule has 0 aromatic carbocycles. The van der Waals surface area contributed by atoms with E-state index in [4.69, 9.17) is 0 Å². The highest BCUT2D eigenvalue weighted by atomic mass is 16.3. The van der Waals surface area contributed by atoms with Crippen LogP contribution in [0.2, 0.25) is 0 Å². The Morgan fingerprint density at radius 3 is 1.97 bits per heavy atom. The Labute approximate surface area is 222 Å². The van der Waals surface area contributed by atoms with Gasteiger partial charge in [0.15, 0.2) is 0 Å². The Morgan fingerprint density at radius 1 is 0.722 bits per heavy atom. The molecule has 0 aromatic rings. The SMILES string of the molecule is CC(CC1C[C@H](O)CN([C@@H](C)C(C)(C)C2C[C@@H](O)CN([C@@H](C)C(C)C)C2)C1)[C@@H](C)N1CCC[C@H](O)C1. The lowest BCUT2D eigenvalue weighted by Crippen LogP contribution is -2.58. The molecule has 9 atom stereocenters. The van der Waals surface area contributed by atoms with Crippen molar-refractivity contribution in [1.29, 1.82) is 0 Å². The van der Waals surface area contributed by atoms with E-state index in [1.54, 1.807) is 0 Å². The molecule has 0 aromatic heterocycles. The number of β-amino-alcohol motifs (C(OH)–C–C–N with tert-alkyl or cyclic N) is 3. The summed E-state index contributed by atoms with van der Waals surface area (Å²) in [5.74, 6) is 2.04. The summed E-state index contributed by atoms with van der Waals surface area (Å²) >= 11 is 0. The van der Waals surface area contributed by atoms with Gasteiger partial charge in [0.25, 0.3) is 0 Å². The second-order valence-electron chi connectivity index (χ2n) is 14.0. The summed E-state index contributed by atoms with van der Waals surface area (Å²) in [6.45, 7) is 24.2. The predicted molar refractivity (Wildman–Crippen MR) is 149 cm³/mol. The first-order valence-corrected chi connectivity index (χ1v) is 15.1. The van der Waals surface area contributed by atoms with Crippen LogP contribution in [0.4, 0.5) is 0 Å². The minimum absolute atomic E-state index is 0.0425. The number of piperidine rings is 3. The molecule has 3 saturated heterocycles. The van der Waals surface area contributed by atoms with Crippen molar-refractivity contribution < 1.29 is 15.3 Å². The molecule has 3 unspecified atom stereocenters.